The molecule has 2 aromatic carbocycles. The molecule has 2 aromatic heterocycles. The fourth-order valence-electron chi connectivity index (χ4n) is 3.32. The quantitative estimate of drug-likeness (QED) is 0.428. The van der Waals surface area contributed by atoms with Gasteiger partial charge in [-0.3, -0.25) is 19.0 Å². The number of fused-ring (bicyclic) bond motifs is 3. The van der Waals surface area contributed by atoms with Crippen molar-refractivity contribution in [2.75, 3.05) is 12.4 Å². The van der Waals surface area contributed by atoms with E-state index in [2.05, 4.69) is 10.3 Å². The normalized spacial score (nSPS) is 12.0. The van der Waals surface area contributed by atoms with Crippen LogP contribution in [0.25, 0.3) is 22.1 Å². The van der Waals surface area contributed by atoms with Gasteiger partial charge in [0.25, 0.3) is 11.5 Å². The minimum absolute atomic E-state index is 0.0440. The van der Waals surface area contributed by atoms with Crippen molar-refractivity contribution in [2.45, 2.75) is 26.5 Å². The van der Waals surface area contributed by atoms with Gasteiger partial charge in [0.05, 0.1) is 19.1 Å². The summed E-state index contributed by atoms with van der Waals surface area (Å²) in [6, 6.07) is 10.4. The number of nitrogens with one attached hydrogen (secondary N) is 1. The van der Waals surface area contributed by atoms with Crippen LogP contribution in [-0.2, 0) is 20.9 Å². The second-order valence-corrected chi connectivity index (χ2v) is 7.78. The third-order valence-corrected chi connectivity index (χ3v) is 5.47. The Morgan fingerprint density at radius 3 is 2.79 bits per heavy atom. The van der Waals surface area contributed by atoms with Gasteiger partial charge in [0.2, 0.25) is 5.58 Å². The van der Waals surface area contributed by atoms with Crippen molar-refractivity contribution in [1.29, 1.82) is 0 Å². The van der Waals surface area contributed by atoms with Gasteiger partial charge in [-0.1, -0.05) is 23.7 Å². The molecule has 1 N–H and O–H groups in total. The van der Waals surface area contributed by atoms with Gasteiger partial charge in [0, 0.05) is 16.5 Å². The number of carbonyl (C=O) groups excluding carboxylic acids is 2. The SMILES string of the molecule is COc1cc(Cl)c(C)cc1NC(=O)C(C)OC(=O)Cn1cnc2c(oc3ccccc32)c1=O. The van der Waals surface area contributed by atoms with Gasteiger partial charge in [-0.15, -0.1) is 0 Å². The zero-order valence-corrected chi connectivity index (χ0v) is 18.8. The Morgan fingerprint density at radius 2 is 2.03 bits per heavy atom. The summed E-state index contributed by atoms with van der Waals surface area (Å²) in [5.74, 6) is -0.980. The minimum Gasteiger partial charge on any atom is -0.495 e. The molecule has 170 valence electrons. The Balaban J connectivity index is 1.46. The van der Waals surface area contributed by atoms with Crippen LogP contribution in [-0.4, -0.2) is 34.6 Å². The maximum absolute atomic E-state index is 12.7. The molecule has 0 radical (unpaired) electrons. The van der Waals surface area contributed by atoms with E-state index in [4.69, 9.17) is 25.5 Å². The number of hydrogen-bond acceptors (Lipinski definition) is 7. The molecule has 1 atom stereocenters. The fourth-order valence-corrected chi connectivity index (χ4v) is 3.47. The first-order chi connectivity index (χ1) is 15.8. The lowest BCUT2D eigenvalue weighted by Crippen LogP contribution is -2.33. The molecule has 0 saturated carbocycles. The van der Waals surface area contributed by atoms with Crippen LogP contribution in [0.4, 0.5) is 5.69 Å². The number of amides is 1. The van der Waals surface area contributed by atoms with Crippen LogP contribution in [0, 0.1) is 6.92 Å². The molecule has 10 heteroatoms. The molecule has 0 aliphatic rings. The molecule has 0 aliphatic heterocycles. The van der Waals surface area contributed by atoms with Crippen molar-refractivity contribution in [3.8, 4) is 5.75 Å². The van der Waals surface area contributed by atoms with E-state index in [0.717, 1.165) is 10.1 Å². The molecule has 33 heavy (non-hydrogen) atoms. The number of furan rings is 1. The summed E-state index contributed by atoms with van der Waals surface area (Å²) in [5, 5.41) is 3.85. The average molecular weight is 470 g/mol. The topological polar surface area (TPSA) is 113 Å². The third-order valence-electron chi connectivity index (χ3n) is 5.07. The Hall–Kier alpha value is -3.85. The molecule has 2 heterocycles. The fraction of sp³-hybridized carbons (Fsp3) is 0.217. The van der Waals surface area contributed by atoms with Gasteiger partial charge in [-0.2, -0.15) is 0 Å². The van der Waals surface area contributed by atoms with Gasteiger partial charge in [0.1, 0.15) is 23.4 Å². The minimum atomic E-state index is -1.13. The molecule has 9 nitrogen and oxygen atoms in total. The Morgan fingerprint density at radius 1 is 1.27 bits per heavy atom. The highest BCUT2D eigenvalue weighted by atomic mass is 35.5. The molecular weight excluding hydrogens is 450 g/mol. The zero-order valence-electron chi connectivity index (χ0n) is 18.0. The molecule has 1 unspecified atom stereocenters. The average Bonchev–Trinajstić information content (AvgIpc) is 3.17. The van der Waals surface area contributed by atoms with Gasteiger partial charge < -0.3 is 19.2 Å². The van der Waals surface area contributed by atoms with Gasteiger partial charge >= 0.3 is 5.97 Å². The summed E-state index contributed by atoms with van der Waals surface area (Å²) in [5.41, 5.74) is 1.60. The largest absolute Gasteiger partial charge is 0.495 e. The van der Waals surface area contributed by atoms with Crippen molar-refractivity contribution in [3.05, 3.63) is 63.7 Å². The first-order valence-corrected chi connectivity index (χ1v) is 10.4. The number of rotatable bonds is 6. The summed E-state index contributed by atoms with van der Waals surface area (Å²) < 4.78 is 17.1. The number of para-hydroxylation sites is 1. The smallest absolute Gasteiger partial charge is 0.326 e. The maximum Gasteiger partial charge on any atom is 0.326 e. The molecule has 0 fully saturated rings. The van der Waals surface area contributed by atoms with Crippen LogP contribution in [0.3, 0.4) is 0 Å². The van der Waals surface area contributed by atoms with Crippen molar-refractivity contribution in [3.63, 3.8) is 0 Å². The molecule has 1 amide bonds. The van der Waals surface area contributed by atoms with E-state index in [1.807, 2.05) is 6.07 Å². The molecule has 0 saturated heterocycles. The number of halogens is 1. The zero-order chi connectivity index (χ0) is 23.7. The molecule has 0 bridgehead atoms. The molecule has 0 aliphatic carbocycles. The third kappa shape index (κ3) is 4.40. The Kier molecular flexibility index (Phi) is 6.06. The molecule has 4 aromatic rings. The van der Waals surface area contributed by atoms with Crippen molar-refractivity contribution < 1.29 is 23.5 Å². The molecular formula is C23H20ClN3O6. The van der Waals surface area contributed by atoms with Crippen LogP contribution in [0.2, 0.25) is 5.02 Å². The van der Waals surface area contributed by atoms with Crippen molar-refractivity contribution >= 4 is 51.2 Å². The lowest BCUT2D eigenvalue weighted by molar-refractivity contribution is -0.153. The van der Waals surface area contributed by atoms with Crippen molar-refractivity contribution in [2.24, 2.45) is 0 Å². The van der Waals surface area contributed by atoms with Gasteiger partial charge in [-0.25, -0.2) is 4.98 Å². The second-order valence-electron chi connectivity index (χ2n) is 7.38. The van der Waals surface area contributed by atoms with Crippen LogP contribution in [0.5, 0.6) is 5.75 Å². The monoisotopic (exact) mass is 469 g/mol. The highest BCUT2D eigenvalue weighted by Crippen LogP contribution is 2.31. The van der Waals surface area contributed by atoms with E-state index in [9.17, 15) is 14.4 Å². The first kappa shape index (κ1) is 22.3. The summed E-state index contributed by atoms with van der Waals surface area (Å²) >= 11 is 6.08. The van der Waals surface area contributed by atoms with E-state index in [0.29, 0.717) is 32.9 Å². The van der Waals surface area contributed by atoms with E-state index in [-0.39, 0.29) is 5.58 Å². The summed E-state index contributed by atoms with van der Waals surface area (Å²) in [4.78, 5) is 41.9. The predicted molar refractivity (Wildman–Crippen MR) is 123 cm³/mol. The van der Waals surface area contributed by atoms with E-state index < -0.39 is 30.1 Å². The number of carbonyl (C=O) groups is 2. The predicted octanol–water partition coefficient (Wildman–Crippen LogP) is 3.68. The van der Waals surface area contributed by atoms with Gasteiger partial charge in [-0.05, 0) is 37.6 Å². The number of ether oxygens (including phenoxy) is 2. The lowest BCUT2D eigenvalue weighted by atomic mass is 10.2. The summed E-state index contributed by atoms with van der Waals surface area (Å²) in [6.07, 6.45) is 0.122. The molecule has 4 rings (SSSR count). The number of anilines is 1. The number of nitrogens with zero attached hydrogens (tertiary/aromatic N) is 2. The van der Waals surface area contributed by atoms with Gasteiger partial charge in [0.15, 0.2) is 6.10 Å². The maximum atomic E-state index is 12.7. The van der Waals surface area contributed by atoms with Crippen molar-refractivity contribution in [1.82, 2.24) is 9.55 Å². The lowest BCUT2D eigenvalue weighted by Gasteiger charge is -2.16. The van der Waals surface area contributed by atoms with Crippen LogP contribution < -0.4 is 15.6 Å². The number of benzene rings is 2. The first-order valence-electron chi connectivity index (χ1n) is 9.99. The van der Waals surface area contributed by atoms with E-state index >= 15 is 0 Å². The number of methoxy groups -OCH3 is 1. The van der Waals surface area contributed by atoms with Crippen LogP contribution >= 0.6 is 11.6 Å². The summed E-state index contributed by atoms with van der Waals surface area (Å²) in [7, 11) is 1.45. The second kappa shape index (κ2) is 8.95. The number of aryl methyl sites for hydroxylation is 1. The van der Waals surface area contributed by atoms with E-state index in [1.165, 1.54) is 20.4 Å². The highest BCUT2D eigenvalue weighted by molar-refractivity contribution is 6.31. The van der Waals surface area contributed by atoms with Crippen LogP contribution in [0.1, 0.15) is 12.5 Å². The van der Waals surface area contributed by atoms with E-state index in [1.54, 1.807) is 37.3 Å². The number of aromatic nitrogens is 2. The standard InChI is InChI=1S/C23H20ClN3O6/c1-12-8-16(18(31-3)9-15(12)24)26-22(29)13(2)32-19(28)10-27-11-25-20-14-6-4-5-7-17(14)33-21(20)23(27)30/h4-9,11,13H,10H2,1-3H3,(H,26,29). The van der Waals surface area contributed by atoms with Crippen LogP contribution in [0.15, 0.2) is 51.9 Å². The number of esters is 1. The number of hydrogen-bond donors (Lipinski definition) is 1. The summed E-state index contributed by atoms with van der Waals surface area (Å²) in [6.45, 7) is 2.78. The highest BCUT2D eigenvalue weighted by Gasteiger charge is 2.21. The Labute approximate surface area is 192 Å². The molecule has 0 spiro atoms. The Bertz CT molecular complexity index is 1440.